The molecule has 2 aromatic heterocycles. The van der Waals surface area contributed by atoms with Crippen LogP contribution in [0.1, 0.15) is 43.4 Å². The highest BCUT2D eigenvalue weighted by molar-refractivity contribution is 7.19. The van der Waals surface area contributed by atoms with E-state index in [1.165, 1.54) is 42.8 Å². The van der Waals surface area contributed by atoms with E-state index < -0.39 is 0 Å². The van der Waals surface area contributed by atoms with Crippen molar-refractivity contribution in [1.82, 2.24) is 9.97 Å². The minimum atomic E-state index is 1.02. The van der Waals surface area contributed by atoms with Crippen LogP contribution in [0.2, 0.25) is 0 Å². The number of hydrogen-bond acceptors (Lipinski definition) is 4. The van der Waals surface area contributed by atoms with Crippen molar-refractivity contribution in [2.24, 2.45) is 0 Å². The van der Waals surface area contributed by atoms with Crippen LogP contribution in [0.4, 0.5) is 0 Å². The van der Waals surface area contributed by atoms with Crippen LogP contribution in [-0.4, -0.2) is 9.97 Å². The first-order valence-electron chi connectivity index (χ1n) is 16.5. The van der Waals surface area contributed by atoms with Gasteiger partial charge < -0.3 is 0 Å². The van der Waals surface area contributed by atoms with E-state index in [4.69, 9.17) is 0 Å². The molecule has 50 heavy (non-hydrogen) atoms. The zero-order valence-corrected chi connectivity index (χ0v) is 28.8. The second-order valence-electron chi connectivity index (χ2n) is 12.0. The van der Waals surface area contributed by atoms with Gasteiger partial charge in [0.25, 0.3) is 0 Å². The molecule has 0 aliphatic carbocycles. The molecule has 0 aliphatic heterocycles. The molecule has 8 rings (SSSR count). The summed E-state index contributed by atoms with van der Waals surface area (Å²) in [6.07, 6.45) is 17.1. The van der Waals surface area contributed by atoms with Gasteiger partial charge in [-0.2, -0.15) is 0 Å². The van der Waals surface area contributed by atoms with Gasteiger partial charge in [0.05, 0.1) is 20.4 Å². The number of benzene rings is 6. The molecule has 0 atom stereocenters. The summed E-state index contributed by atoms with van der Waals surface area (Å²) in [6.45, 7) is 0. The third-order valence-corrected chi connectivity index (χ3v) is 10.4. The fourth-order valence-electron chi connectivity index (χ4n) is 5.65. The van der Waals surface area contributed by atoms with E-state index in [0.29, 0.717) is 0 Å². The normalized spacial score (nSPS) is 12.1. The van der Waals surface area contributed by atoms with E-state index in [2.05, 4.69) is 192 Å². The van der Waals surface area contributed by atoms with Crippen LogP contribution in [0.25, 0.3) is 80.2 Å². The monoisotopic (exact) mass is 676 g/mol. The van der Waals surface area contributed by atoms with Crippen molar-refractivity contribution in [2.45, 2.75) is 0 Å². The maximum atomic E-state index is 4.69. The van der Waals surface area contributed by atoms with Gasteiger partial charge in [-0.05, 0) is 80.9 Å². The average molecular weight is 677 g/mol. The Morgan fingerprint density at radius 3 is 0.900 bits per heavy atom. The maximum absolute atomic E-state index is 4.69. The predicted molar refractivity (Wildman–Crippen MR) is 220 cm³/mol. The molecule has 2 nitrogen and oxygen atoms in total. The number of fused-ring (bicyclic) bond motifs is 2. The summed E-state index contributed by atoms with van der Waals surface area (Å²) in [5.74, 6) is 0. The minimum absolute atomic E-state index is 1.02. The lowest BCUT2D eigenvalue weighted by Crippen LogP contribution is -1.80. The van der Waals surface area contributed by atoms with Crippen molar-refractivity contribution in [3.05, 3.63) is 189 Å². The lowest BCUT2D eigenvalue weighted by molar-refractivity contribution is 1.46. The third-order valence-electron chi connectivity index (χ3n) is 8.42. The summed E-state index contributed by atoms with van der Waals surface area (Å²) in [6, 6.07) is 51.1. The Morgan fingerprint density at radius 1 is 0.300 bits per heavy atom. The van der Waals surface area contributed by atoms with Crippen molar-refractivity contribution in [2.75, 3.05) is 0 Å². The summed E-state index contributed by atoms with van der Waals surface area (Å²) < 4.78 is 2.43. The molecule has 8 aromatic rings. The number of thiazole rings is 2. The number of para-hydroxylation sites is 2. The highest BCUT2D eigenvalue weighted by Gasteiger charge is 2.02. The Bertz CT molecular complexity index is 2250. The topological polar surface area (TPSA) is 25.8 Å². The molecule has 6 aromatic carbocycles. The number of rotatable bonds is 9. The standard InChI is InChI=1S/C46H32N2S2/c1-3-7-43-41(5-1)47-45(49-43)31-25-35-15-9-33(10-16-35)13-19-37-21-27-39(28-22-37)40-29-23-38(24-30-40)20-14-34-11-17-36(18-12-34)26-32-46-48-42-6-2-4-8-44(42)50-46/h1-32H/b19-13+,20-14+,31-25+,32-26+. The molecule has 0 radical (unpaired) electrons. The van der Waals surface area contributed by atoms with Gasteiger partial charge in [0, 0.05) is 0 Å². The van der Waals surface area contributed by atoms with Crippen LogP contribution in [0, 0.1) is 0 Å². The van der Waals surface area contributed by atoms with Gasteiger partial charge in [-0.3, -0.25) is 0 Å². The van der Waals surface area contributed by atoms with E-state index in [1.54, 1.807) is 22.7 Å². The first kappa shape index (κ1) is 31.3. The summed E-state index contributed by atoms with van der Waals surface area (Å²) in [4.78, 5) is 9.38. The molecule has 0 saturated heterocycles. The molecule has 238 valence electrons. The predicted octanol–water partition coefficient (Wildman–Crippen LogP) is 13.3. The zero-order valence-electron chi connectivity index (χ0n) is 27.2. The van der Waals surface area contributed by atoms with Crippen molar-refractivity contribution in [1.29, 1.82) is 0 Å². The lowest BCUT2D eigenvalue weighted by atomic mass is 10.0. The average Bonchev–Trinajstić information content (AvgIpc) is 3.80. The number of hydrogen-bond donors (Lipinski definition) is 0. The molecule has 0 fully saturated rings. The van der Waals surface area contributed by atoms with Gasteiger partial charge >= 0.3 is 0 Å². The third kappa shape index (κ3) is 7.68. The molecular weight excluding hydrogens is 645 g/mol. The van der Waals surface area contributed by atoms with Gasteiger partial charge in [0.2, 0.25) is 0 Å². The molecule has 4 heteroatoms. The lowest BCUT2D eigenvalue weighted by Gasteiger charge is -2.04. The van der Waals surface area contributed by atoms with Crippen LogP contribution in [0.3, 0.4) is 0 Å². The molecule has 0 N–H and O–H groups in total. The maximum Gasteiger partial charge on any atom is 0.117 e. The van der Waals surface area contributed by atoms with Crippen LogP contribution in [0.5, 0.6) is 0 Å². The Kier molecular flexibility index (Phi) is 9.19. The van der Waals surface area contributed by atoms with Crippen molar-refractivity contribution in [3.63, 3.8) is 0 Å². The number of nitrogens with zero attached hydrogens (tertiary/aromatic N) is 2. The fourth-order valence-corrected chi connectivity index (χ4v) is 7.39. The molecule has 0 amide bonds. The first-order chi connectivity index (χ1) is 24.7. The highest BCUT2D eigenvalue weighted by Crippen LogP contribution is 2.26. The highest BCUT2D eigenvalue weighted by atomic mass is 32.1. The Labute approximate surface area is 300 Å². The molecular formula is C46H32N2S2. The van der Waals surface area contributed by atoms with Gasteiger partial charge in [-0.1, -0.05) is 158 Å². The van der Waals surface area contributed by atoms with Crippen LogP contribution < -0.4 is 0 Å². The minimum Gasteiger partial charge on any atom is -0.237 e. The van der Waals surface area contributed by atoms with Crippen LogP contribution in [0.15, 0.2) is 146 Å². The van der Waals surface area contributed by atoms with Gasteiger partial charge in [0.1, 0.15) is 10.0 Å². The fraction of sp³-hybridized carbons (Fsp3) is 0. The van der Waals surface area contributed by atoms with Gasteiger partial charge in [0.15, 0.2) is 0 Å². The summed E-state index contributed by atoms with van der Waals surface area (Å²) in [7, 11) is 0. The molecule has 0 bridgehead atoms. The van der Waals surface area contributed by atoms with E-state index in [9.17, 15) is 0 Å². The quantitative estimate of drug-likeness (QED) is 0.142. The van der Waals surface area contributed by atoms with E-state index in [0.717, 1.165) is 32.2 Å². The van der Waals surface area contributed by atoms with E-state index >= 15 is 0 Å². The molecule has 0 saturated carbocycles. The molecule has 2 heterocycles. The summed E-state index contributed by atoms with van der Waals surface area (Å²) >= 11 is 3.43. The molecule has 0 aliphatic rings. The summed E-state index contributed by atoms with van der Waals surface area (Å²) in [5.41, 5.74) is 11.5. The Balaban J connectivity index is 0.843. The van der Waals surface area contributed by atoms with Crippen LogP contribution in [-0.2, 0) is 0 Å². The van der Waals surface area contributed by atoms with E-state index in [-0.39, 0.29) is 0 Å². The smallest absolute Gasteiger partial charge is 0.117 e. The van der Waals surface area contributed by atoms with E-state index in [1.807, 2.05) is 12.1 Å². The Morgan fingerprint density at radius 2 is 0.580 bits per heavy atom. The Hall–Kier alpha value is -5.94. The number of aromatic nitrogens is 2. The molecule has 0 unspecified atom stereocenters. The van der Waals surface area contributed by atoms with Gasteiger partial charge in [-0.25, -0.2) is 9.97 Å². The zero-order chi connectivity index (χ0) is 33.5. The summed E-state index contributed by atoms with van der Waals surface area (Å²) in [5, 5.41) is 2.05. The second kappa shape index (κ2) is 14.7. The molecule has 0 spiro atoms. The first-order valence-corrected chi connectivity index (χ1v) is 18.2. The SMILES string of the molecule is C(=C\c1ccc(-c2ccc(/C=C/c3ccc(/C=C/c4nc5ccccc5s4)cc3)cc2)cc1)/c1ccc(/C=C/c2nc3ccccc3s2)cc1. The van der Waals surface area contributed by atoms with Crippen molar-refractivity contribution >= 4 is 91.7 Å². The second-order valence-corrected chi connectivity index (χ2v) is 14.1. The van der Waals surface area contributed by atoms with Crippen molar-refractivity contribution < 1.29 is 0 Å². The van der Waals surface area contributed by atoms with Gasteiger partial charge in [-0.15, -0.1) is 22.7 Å². The van der Waals surface area contributed by atoms with Crippen molar-refractivity contribution in [3.8, 4) is 11.1 Å². The van der Waals surface area contributed by atoms with Crippen LogP contribution >= 0.6 is 22.7 Å². The largest absolute Gasteiger partial charge is 0.237 e.